The van der Waals surface area contributed by atoms with Crippen LogP contribution in [0.25, 0.3) is 0 Å². The van der Waals surface area contributed by atoms with Gasteiger partial charge in [0.05, 0.1) is 39.0 Å². The van der Waals surface area contributed by atoms with E-state index < -0.39 is 6.10 Å². The zero-order valence-corrected chi connectivity index (χ0v) is 20.4. The molecule has 2 heterocycles. The standard InChI is InChI=1S/C24H34N2O6S/c1-29-11-10-25(14-18(27)16-30-2)15-24(28)26-9-7-23-21(8-12-33-23)22(26)17-32-20-6-4-5-19(13-20)31-3/h4-6,8,12-13,18,22,27H,7,9-11,14-17H2,1-3H3/t18-,22-/m1/s1. The Morgan fingerprint density at radius 3 is 2.82 bits per heavy atom. The van der Waals surface area contributed by atoms with E-state index >= 15 is 0 Å². The molecule has 2 aromatic rings. The lowest BCUT2D eigenvalue weighted by atomic mass is 10.0. The summed E-state index contributed by atoms with van der Waals surface area (Å²) in [6.07, 6.45) is 0.162. The minimum atomic E-state index is -0.670. The molecule has 0 aliphatic carbocycles. The van der Waals surface area contributed by atoms with Crippen molar-refractivity contribution in [2.45, 2.75) is 18.6 Å². The Labute approximate surface area is 199 Å². The van der Waals surface area contributed by atoms with Gasteiger partial charge in [0, 0.05) is 44.8 Å². The molecule has 8 nitrogen and oxygen atoms in total. The Kier molecular flexibility index (Phi) is 9.95. The lowest BCUT2D eigenvalue weighted by Crippen LogP contribution is -2.48. The first kappa shape index (κ1) is 25.5. The molecule has 3 rings (SSSR count). The molecular formula is C24H34N2O6S. The number of fused-ring (bicyclic) bond motifs is 1. The second kappa shape index (κ2) is 12.9. The maximum absolute atomic E-state index is 13.4. The monoisotopic (exact) mass is 478 g/mol. The highest BCUT2D eigenvalue weighted by molar-refractivity contribution is 7.10. The quantitative estimate of drug-likeness (QED) is 0.473. The number of carbonyl (C=O) groups excluding carboxylic acids is 1. The number of methoxy groups -OCH3 is 3. The summed E-state index contributed by atoms with van der Waals surface area (Å²) in [7, 11) is 4.80. The van der Waals surface area contributed by atoms with Crippen molar-refractivity contribution in [2.24, 2.45) is 0 Å². The van der Waals surface area contributed by atoms with Crippen molar-refractivity contribution >= 4 is 17.2 Å². The van der Waals surface area contributed by atoms with Crippen LogP contribution < -0.4 is 9.47 Å². The van der Waals surface area contributed by atoms with E-state index in [1.807, 2.05) is 34.1 Å². The molecule has 33 heavy (non-hydrogen) atoms. The highest BCUT2D eigenvalue weighted by atomic mass is 32.1. The van der Waals surface area contributed by atoms with E-state index in [2.05, 4.69) is 11.4 Å². The van der Waals surface area contributed by atoms with Crippen LogP contribution in [-0.2, 0) is 20.7 Å². The van der Waals surface area contributed by atoms with Crippen LogP contribution in [0, 0.1) is 0 Å². The molecule has 0 bridgehead atoms. The van der Waals surface area contributed by atoms with Crippen LogP contribution in [0.4, 0.5) is 0 Å². The van der Waals surface area contributed by atoms with Gasteiger partial charge in [0.25, 0.3) is 0 Å². The fraction of sp³-hybridized carbons (Fsp3) is 0.542. The number of aliphatic hydroxyl groups excluding tert-OH is 1. The summed E-state index contributed by atoms with van der Waals surface area (Å²) in [4.78, 5) is 18.5. The molecule has 1 aromatic carbocycles. The minimum absolute atomic E-state index is 0.00631. The van der Waals surface area contributed by atoms with Crippen LogP contribution in [0.2, 0.25) is 0 Å². The van der Waals surface area contributed by atoms with Gasteiger partial charge in [-0.1, -0.05) is 6.07 Å². The fourth-order valence-electron chi connectivity index (χ4n) is 4.02. The molecule has 9 heteroatoms. The molecular weight excluding hydrogens is 444 g/mol. The summed E-state index contributed by atoms with van der Waals surface area (Å²) in [5, 5.41) is 12.3. The third-order valence-corrected chi connectivity index (χ3v) is 6.66. The zero-order valence-electron chi connectivity index (χ0n) is 19.6. The van der Waals surface area contributed by atoms with E-state index in [4.69, 9.17) is 18.9 Å². The highest BCUT2D eigenvalue weighted by Gasteiger charge is 2.33. The number of hydrogen-bond acceptors (Lipinski definition) is 8. The van der Waals surface area contributed by atoms with Gasteiger partial charge >= 0.3 is 0 Å². The summed E-state index contributed by atoms with van der Waals surface area (Å²) >= 11 is 1.72. The van der Waals surface area contributed by atoms with Crippen LogP contribution in [0.3, 0.4) is 0 Å². The number of rotatable bonds is 13. The van der Waals surface area contributed by atoms with Crippen LogP contribution in [-0.4, -0.2) is 94.2 Å². The minimum Gasteiger partial charge on any atom is -0.497 e. The maximum Gasteiger partial charge on any atom is 0.237 e. The normalized spacial score (nSPS) is 16.5. The Morgan fingerprint density at radius 2 is 2.06 bits per heavy atom. The average molecular weight is 479 g/mol. The van der Waals surface area contributed by atoms with E-state index in [1.165, 1.54) is 4.88 Å². The van der Waals surface area contributed by atoms with E-state index in [-0.39, 0.29) is 25.1 Å². The van der Waals surface area contributed by atoms with Crippen LogP contribution >= 0.6 is 11.3 Å². The van der Waals surface area contributed by atoms with Crippen molar-refractivity contribution in [2.75, 3.05) is 67.3 Å². The molecule has 0 fully saturated rings. The number of thiophene rings is 1. The van der Waals surface area contributed by atoms with E-state index in [1.54, 1.807) is 32.7 Å². The topological polar surface area (TPSA) is 80.7 Å². The largest absolute Gasteiger partial charge is 0.497 e. The molecule has 0 unspecified atom stereocenters. The summed E-state index contributed by atoms with van der Waals surface area (Å²) in [5.74, 6) is 1.43. The molecule has 2 atom stereocenters. The van der Waals surface area contributed by atoms with Gasteiger partial charge in [-0.15, -0.1) is 11.3 Å². The van der Waals surface area contributed by atoms with Crippen molar-refractivity contribution in [3.05, 3.63) is 46.2 Å². The van der Waals surface area contributed by atoms with Gasteiger partial charge in [-0.05, 0) is 35.6 Å². The first-order chi connectivity index (χ1) is 16.0. The Bertz CT molecular complexity index is 876. The number of aliphatic hydroxyl groups is 1. The van der Waals surface area contributed by atoms with E-state index in [9.17, 15) is 9.90 Å². The molecule has 0 spiro atoms. The van der Waals surface area contributed by atoms with Gasteiger partial charge in [-0.3, -0.25) is 9.69 Å². The molecule has 1 aliphatic rings. The fourth-order valence-corrected chi connectivity index (χ4v) is 4.95. The van der Waals surface area contributed by atoms with E-state index in [0.717, 1.165) is 17.7 Å². The number of nitrogens with zero attached hydrogens (tertiary/aromatic N) is 2. The first-order valence-corrected chi connectivity index (χ1v) is 11.9. The van der Waals surface area contributed by atoms with Crippen LogP contribution in [0.15, 0.2) is 35.7 Å². The SMILES string of the molecule is COCCN(CC(=O)N1CCc2sccc2[C@H]1COc1cccc(OC)c1)C[C@@H](O)COC. The lowest BCUT2D eigenvalue weighted by molar-refractivity contribution is -0.136. The molecule has 182 valence electrons. The summed E-state index contributed by atoms with van der Waals surface area (Å²) < 4.78 is 21.6. The average Bonchev–Trinajstić information content (AvgIpc) is 3.30. The Hall–Kier alpha value is -2.17. The van der Waals surface area contributed by atoms with Crippen molar-refractivity contribution in [1.82, 2.24) is 9.80 Å². The summed E-state index contributed by atoms with van der Waals surface area (Å²) in [6.45, 7) is 2.77. The number of ether oxygens (including phenoxy) is 4. The number of amides is 1. The molecule has 0 saturated carbocycles. The number of benzene rings is 1. The molecule has 0 radical (unpaired) electrons. The van der Waals surface area contributed by atoms with Crippen molar-refractivity contribution in [3.63, 3.8) is 0 Å². The van der Waals surface area contributed by atoms with Crippen LogP contribution in [0.1, 0.15) is 16.5 Å². The third kappa shape index (κ3) is 7.15. The molecule has 1 aromatic heterocycles. The predicted octanol–water partition coefficient (Wildman–Crippen LogP) is 2.22. The van der Waals surface area contributed by atoms with Gasteiger partial charge in [-0.2, -0.15) is 0 Å². The maximum atomic E-state index is 13.4. The summed E-state index contributed by atoms with van der Waals surface area (Å²) in [6, 6.07) is 9.39. The van der Waals surface area contributed by atoms with Crippen LogP contribution in [0.5, 0.6) is 11.5 Å². The second-order valence-corrected chi connectivity index (χ2v) is 8.98. The first-order valence-electron chi connectivity index (χ1n) is 11.1. The van der Waals surface area contributed by atoms with Gasteiger partial charge in [0.1, 0.15) is 18.1 Å². The number of hydrogen-bond donors (Lipinski definition) is 1. The van der Waals surface area contributed by atoms with Gasteiger partial charge in [0.15, 0.2) is 0 Å². The lowest BCUT2D eigenvalue weighted by Gasteiger charge is -2.37. The Morgan fingerprint density at radius 1 is 1.24 bits per heavy atom. The van der Waals surface area contributed by atoms with Gasteiger partial charge in [0.2, 0.25) is 5.91 Å². The van der Waals surface area contributed by atoms with E-state index in [0.29, 0.717) is 38.6 Å². The second-order valence-electron chi connectivity index (χ2n) is 7.98. The van der Waals surface area contributed by atoms with Gasteiger partial charge in [-0.25, -0.2) is 0 Å². The molecule has 0 saturated heterocycles. The Balaban J connectivity index is 1.71. The number of carbonyl (C=O) groups is 1. The summed E-state index contributed by atoms with van der Waals surface area (Å²) in [5.41, 5.74) is 1.14. The third-order valence-electron chi connectivity index (χ3n) is 5.66. The highest BCUT2D eigenvalue weighted by Crippen LogP contribution is 2.34. The van der Waals surface area contributed by atoms with Gasteiger partial charge < -0.3 is 29.0 Å². The predicted molar refractivity (Wildman–Crippen MR) is 127 cm³/mol. The molecule has 1 aliphatic heterocycles. The van der Waals surface area contributed by atoms with Crippen molar-refractivity contribution < 1.29 is 28.8 Å². The van der Waals surface area contributed by atoms with Crippen molar-refractivity contribution in [1.29, 1.82) is 0 Å². The zero-order chi connectivity index (χ0) is 23.6. The van der Waals surface area contributed by atoms with Crippen molar-refractivity contribution in [3.8, 4) is 11.5 Å². The smallest absolute Gasteiger partial charge is 0.237 e. The molecule has 1 N–H and O–H groups in total. The molecule has 1 amide bonds.